The van der Waals surface area contributed by atoms with Crippen LogP contribution in [0.2, 0.25) is 0 Å². The SMILES string of the molecule is CCCCCCCCCCCCCCCCCC(=O)[O-].O=C(O)CCC(=O)O.[K+]. The number of carboxylic acid groups (broad SMARTS) is 3. The van der Waals surface area contributed by atoms with E-state index < -0.39 is 17.9 Å². The van der Waals surface area contributed by atoms with Gasteiger partial charge in [0.2, 0.25) is 0 Å². The van der Waals surface area contributed by atoms with E-state index in [9.17, 15) is 19.5 Å². The maximum Gasteiger partial charge on any atom is 1.00 e. The molecule has 2 N–H and O–H groups in total. The monoisotopic (exact) mass is 440 g/mol. The summed E-state index contributed by atoms with van der Waals surface area (Å²) in [5.41, 5.74) is 0. The zero-order chi connectivity index (χ0) is 21.5. The summed E-state index contributed by atoms with van der Waals surface area (Å²) in [7, 11) is 0. The predicted molar refractivity (Wildman–Crippen MR) is 109 cm³/mol. The first kappa shape index (κ1) is 33.7. The molecule has 0 aromatic rings. The zero-order valence-electron chi connectivity index (χ0n) is 18.8. The Balaban J connectivity index is -0.000000636. The van der Waals surface area contributed by atoms with Crippen LogP contribution in [0.5, 0.6) is 0 Å². The average molecular weight is 441 g/mol. The number of carbonyl (C=O) groups is 3. The van der Waals surface area contributed by atoms with Crippen molar-refractivity contribution in [2.45, 2.75) is 122 Å². The summed E-state index contributed by atoms with van der Waals surface area (Å²) in [6.45, 7) is 2.27. The van der Waals surface area contributed by atoms with Crippen LogP contribution in [0.1, 0.15) is 122 Å². The molecule has 0 amide bonds. The molecule has 0 saturated carbocycles. The fraction of sp³-hybridized carbons (Fsp3) is 0.864. The quantitative estimate of drug-likeness (QED) is 0.234. The molecule has 0 aromatic heterocycles. The van der Waals surface area contributed by atoms with Crippen LogP contribution in [-0.4, -0.2) is 28.1 Å². The van der Waals surface area contributed by atoms with Crippen LogP contribution < -0.4 is 56.5 Å². The van der Waals surface area contributed by atoms with Crippen LogP contribution in [0.15, 0.2) is 0 Å². The number of hydrogen-bond donors (Lipinski definition) is 2. The molecular weight excluding hydrogens is 399 g/mol. The molecule has 7 heteroatoms. The molecule has 0 aliphatic rings. The maximum atomic E-state index is 10.2. The normalized spacial score (nSPS) is 9.83. The first-order chi connectivity index (χ1) is 13.4. The summed E-state index contributed by atoms with van der Waals surface area (Å²) in [6, 6.07) is 0. The van der Waals surface area contributed by atoms with E-state index in [1.165, 1.54) is 83.5 Å². The minimum atomic E-state index is -1.08. The van der Waals surface area contributed by atoms with Crippen molar-refractivity contribution in [2.75, 3.05) is 0 Å². The van der Waals surface area contributed by atoms with Gasteiger partial charge in [-0.2, -0.15) is 0 Å². The van der Waals surface area contributed by atoms with Crippen molar-refractivity contribution in [1.82, 2.24) is 0 Å². The molecule has 29 heavy (non-hydrogen) atoms. The van der Waals surface area contributed by atoms with Crippen molar-refractivity contribution in [3.05, 3.63) is 0 Å². The molecule has 0 saturated heterocycles. The van der Waals surface area contributed by atoms with Crippen molar-refractivity contribution >= 4 is 17.9 Å². The van der Waals surface area contributed by atoms with Gasteiger partial charge in [-0.3, -0.25) is 9.59 Å². The Kier molecular flexibility index (Phi) is 32.6. The van der Waals surface area contributed by atoms with Crippen LogP contribution in [0.3, 0.4) is 0 Å². The van der Waals surface area contributed by atoms with Gasteiger partial charge in [-0.05, 0) is 12.8 Å². The van der Waals surface area contributed by atoms with E-state index in [4.69, 9.17) is 10.2 Å². The van der Waals surface area contributed by atoms with E-state index >= 15 is 0 Å². The fourth-order valence-corrected chi connectivity index (χ4v) is 2.85. The fourth-order valence-electron chi connectivity index (χ4n) is 2.85. The van der Waals surface area contributed by atoms with Crippen LogP contribution in [-0.2, 0) is 14.4 Å². The third kappa shape index (κ3) is 39.1. The number of aliphatic carboxylic acids is 3. The molecule has 0 radical (unpaired) electrons. The van der Waals surface area contributed by atoms with Gasteiger partial charge in [0.05, 0.1) is 12.8 Å². The van der Waals surface area contributed by atoms with E-state index in [1.807, 2.05) is 0 Å². The molecule has 0 aliphatic carbocycles. The second-order valence-corrected chi connectivity index (χ2v) is 7.36. The average Bonchev–Trinajstić information content (AvgIpc) is 2.63. The molecule has 0 rings (SSSR count). The zero-order valence-corrected chi connectivity index (χ0v) is 21.9. The second kappa shape index (κ2) is 28.0. The van der Waals surface area contributed by atoms with E-state index in [0.29, 0.717) is 0 Å². The molecule has 0 aliphatic heterocycles. The van der Waals surface area contributed by atoms with Crippen LogP contribution in [0.25, 0.3) is 0 Å². The molecule has 6 nitrogen and oxygen atoms in total. The van der Waals surface area contributed by atoms with E-state index in [0.717, 1.165) is 12.8 Å². The van der Waals surface area contributed by atoms with E-state index in [-0.39, 0.29) is 70.6 Å². The van der Waals surface area contributed by atoms with E-state index in [1.54, 1.807) is 0 Å². The Morgan fingerprint density at radius 3 is 1.07 bits per heavy atom. The van der Waals surface area contributed by atoms with Crippen molar-refractivity contribution < 1.29 is 81.1 Å². The number of hydrogen-bond acceptors (Lipinski definition) is 4. The predicted octanol–water partition coefficient (Wildman–Crippen LogP) is 1.94. The minimum absolute atomic E-state index is 0. The summed E-state index contributed by atoms with van der Waals surface area (Å²) in [5, 5.41) is 26.0. The Hall–Kier alpha value is 0.0464. The van der Waals surface area contributed by atoms with Crippen LogP contribution in [0, 0.1) is 0 Å². The Morgan fingerprint density at radius 1 is 0.552 bits per heavy atom. The maximum absolute atomic E-state index is 10.2. The first-order valence-electron chi connectivity index (χ1n) is 11.0. The van der Waals surface area contributed by atoms with Crippen LogP contribution >= 0.6 is 0 Å². The summed E-state index contributed by atoms with van der Waals surface area (Å²) < 4.78 is 0. The van der Waals surface area contributed by atoms with Gasteiger partial charge >= 0.3 is 63.3 Å². The molecule has 0 atom stereocenters. The molecule has 0 fully saturated rings. The Labute approximate surface area is 219 Å². The molecular formula is C22H41KO6. The Morgan fingerprint density at radius 2 is 0.828 bits per heavy atom. The smallest absolute Gasteiger partial charge is 0.550 e. The molecule has 166 valence electrons. The van der Waals surface area contributed by atoms with Crippen LogP contribution in [0.4, 0.5) is 0 Å². The van der Waals surface area contributed by atoms with Gasteiger partial charge in [-0.1, -0.05) is 96.8 Å². The number of rotatable bonds is 19. The van der Waals surface area contributed by atoms with Crippen molar-refractivity contribution in [2.24, 2.45) is 0 Å². The van der Waals surface area contributed by atoms with Gasteiger partial charge in [0.1, 0.15) is 0 Å². The topological polar surface area (TPSA) is 115 Å². The first-order valence-corrected chi connectivity index (χ1v) is 11.0. The Bertz CT molecular complexity index is 373. The number of carbonyl (C=O) groups excluding carboxylic acids is 1. The molecule has 0 heterocycles. The van der Waals surface area contributed by atoms with E-state index in [2.05, 4.69) is 6.92 Å². The molecule has 0 bridgehead atoms. The molecule has 0 unspecified atom stereocenters. The van der Waals surface area contributed by atoms with Gasteiger partial charge in [0.15, 0.2) is 0 Å². The number of carboxylic acids is 3. The summed E-state index contributed by atoms with van der Waals surface area (Å²) >= 11 is 0. The van der Waals surface area contributed by atoms with Gasteiger partial charge in [0, 0.05) is 5.97 Å². The summed E-state index contributed by atoms with van der Waals surface area (Å²) in [4.78, 5) is 29.5. The third-order valence-corrected chi connectivity index (χ3v) is 4.54. The summed E-state index contributed by atoms with van der Waals surface area (Å²) in [5.74, 6) is -3.06. The van der Waals surface area contributed by atoms with Gasteiger partial charge in [-0.25, -0.2) is 0 Å². The second-order valence-electron chi connectivity index (χ2n) is 7.36. The number of unbranched alkanes of at least 4 members (excludes halogenated alkanes) is 14. The molecule has 0 aromatic carbocycles. The van der Waals surface area contributed by atoms with Gasteiger partial charge in [-0.15, -0.1) is 0 Å². The molecule has 0 spiro atoms. The standard InChI is InChI=1S/C18H36O2.C4H6O4.K/c1-2-3-4-5-6-7-8-9-10-11-12-13-14-15-16-17-18(19)20;5-3(6)1-2-4(7)8;/h2-17H2,1H3,(H,19,20);1-2H2,(H,5,6)(H,7,8);/q;;+1/p-1. The third-order valence-electron chi connectivity index (χ3n) is 4.54. The largest absolute Gasteiger partial charge is 1.00 e. The van der Waals surface area contributed by atoms with Crippen molar-refractivity contribution in [3.8, 4) is 0 Å². The minimum Gasteiger partial charge on any atom is -0.550 e. The van der Waals surface area contributed by atoms with Crippen molar-refractivity contribution in [1.29, 1.82) is 0 Å². The van der Waals surface area contributed by atoms with Crippen molar-refractivity contribution in [3.63, 3.8) is 0 Å². The van der Waals surface area contributed by atoms with Gasteiger partial charge < -0.3 is 20.1 Å². The summed E-state index contributed by atoms with van der Waals surface area (Å²) in [6.07, 6.45) is 19.3. The van der Waals surface area contributed by atoms with Gasteiger partial charge in [0.25, 0.3) is 0 Å².